The van der Waals surface area contributed by atoms with Crippen LogP contribution in [0, 0.1) is 0 Å². The number of carbonyl (C=O) groups is 1. The molecule has 3 N–H and O–H groups in total. The van der Waals surface area contributed by atoms with Gasteiger partial charge in [-0.1, -0.05) is 48.5 Å². The predicted molar refractivity (Wildman–Crippen MR) is 128 cm³/mol. The van der Waals surface area contributed by atoms with Gasteiger partial charge in [-0.25, -0.2) is 0 Å². The van der Waals surface area contributed by atoms with Gasteiger partial charge in [0.2, 0.25) is 0 Å². The lowest BCUT2D eigenvalue weighted by atomic mass is 9.99. The fourth-order valence-electron chi connectivity index (χ4n) is 4.17. The molecule has 31 heavy (non-hydrogen) atoms. The number of aliphatic hydroxyl groups is 1. The highest BCUT2D eigenvalue weighted by Crippen LogP contribution is 2.38. The van der Waals surface area contributed by atoms with Crippen LogP contribution in [0.25, 0.3) is 0 Å². The summed E-state index contributed by atoms with van der Waals surface area (Å²) in [5.74, 6) is -0.114. The van der Waals surface area contributed by atoms with Crippen molar-refractivity contribution in [3.63, 3.8) is 0 Å². The van der Waals surface area contributed by atoms with Crippen molar-refractivity contribution in [2.45, 2.75) is 18.6 Å². The summed E-state index contributed by atoms with van der Waals surface area (Å²) in [6.07, 6.45) is 0.334. The van der Waals surface area contributed by atoms with E-state index in [2.05, 4.69) is 27.7 Å². The van der Waals surface area contributed by atoms with Gasteiger partial charge in [0, 0.05) is 30.0 Å². The molecule has 5 nitrogen and oxygen atoms in total. The van der Waals surface area contributed by atoms with Gasteiger partial charge in [0.25, 0.3) is 5.91 Å². The largest absolute Gasteiger partial charge is 0.389 e. The summed E-state index contributed by atoms with van der Waals surface area (Å²) in [4.78, 5) is 14.7. The standard InChI is InChI=1S/C25H27N3O2.ClH/c1-26-17-23(29)24(18-8-4-2-5-9-18)28-15-14-20-16-21(12-13-22(20)28)27-25(30)19-10-6-3-7-11-19;/h2-13,16,23-24,26,29H,14-15,17H2,1H3,(H,27,30);1H/t23-,24-;/m0./s1. The molecule has 1 heterocycles. The van der Waals surface area contributed by atoms with Crippen LogP contribution < -0.4 is 15.5 Å². The number of benzene rings is 3. The van der Waals surface area contributed by atoms with Crippen molar-refractivity contribution in [1.82, 2.24) is 5.32 Å². The summed E-state index contributed by atoms with van der Waals surface area (Å²) in [7, 11) is 1.85. The van der Waals surface area contributed by atoms with E-state index in [0.717, 1.165) is 29.9 Å². The molecule has 1 aliphatic heterocycles. The van der Waals surface area contributed by atoms with Crippen molar-refractivity contribution in [3.05, 3.63) is 95.6 Å². The maximum atomic E-state index is 12.5. The molecule has 0 fully saturated rings. The smallest absolute Gasteiger partial charge is 0.255 e. The molecule has 1 amide bonds. The first-order valence-corrected chi connectivity index (χ1v) is 10.3. The second kappa shape index (κ2) is 10.4. The number of nitrogens with zero attached hydrogens (tertiary/aromatic N) is 1. The molecular weight excluding hydrogens is 410 g/mol. The van der Waals surface area contributed by atoms with Crippen LogP contribution in [-0.4, -0.2) is 37.3 Å². The molecule has 1 aliphatic rings. The Balaban J connectivity index is 0.00000272. The number of anilines is 2. The molecule has 0 bridgehead atoms. The van der Waals surface area contributed by atoms with Gasteiger partial charge in [-0.05, 0) is 54.9 Å². The van der Waals surface area contributed by atoms with Gasteiger partial charge < -0.3 is 20.6 Å². The Morgan fingerprint density at radius 2 is 1.71 bits per heavy atom. The molecule has 6 heteroatoms. The van der Waals surface area contributed by atoms with E-state index in [0.29, 0.717) is 12.1 Å². The second-order valence-corrected chi connectivity index (χ2v) is 7.59. The molecule has 0 aromatic heterocycles. The van der Waals surface area contributed by atoms with E-state index in [4.69, 9.17) is 0 Å². The average Bonchev–Trinajstić information content (AvgIpc) is 3.18. The molecule has 0 saturated carbocycles. The normalized spacial score (nSPS) is 14.3. The number of rotatable bonds is 7. The van der Waals surface area contributed by atoms with Crippen LogP contribution >= 0.6 is 12.4 Å². The number of aliphatic hydroxyl groups excluding tert-OH is 1. The van der Waals surface area contributed by atoms with Crippen LogP contribution in [0.15, 0.2) is 78.9 Å². The molecular formula is C25H28ClN3O2. The second-order valence-electron chi connectivity index (χ2n) is 7.59. The van der Waals surface area contributed by atoms with Gasteiger partial charge in [-0.3, -0.25) is 4.79 Å². The molecule has 0 aliphatic carbocycles. The topological polar surface area (TPSA) is 64.6 Å². The van der Waals surface area contributed by atoms with Crippen LogP contribution in [0.2, 0.25) is 0 Å². The van der Waals surface area contributed by atoms with Crippen molar-refractivity contribution in [3.8, 4) is 0 Å². The molecule has 162 valence electrons. The first kappa shape index (κ1) is 22.8. The van der Waals surface area contributed by atoms with E-state index in [-0.39, 0.29) is 24.4 Å². The highest BCUT2D eigenvalue weighted by atomic mass is 35.5. The lowest BCUT2D eigenvalue weighted by Gasteiger charge is -2.34. The van der Waals surface area contributed by atoms with Gasteiger partial charge in [0.15, 0.2) is 0 Å². The predicted octanol–water partition coefficient (Wildman–Crippen LogP) is 4.04. The number of amides is 1. The molecule has 4 rings (SSSR count). The Morgan fingerprint density at radius 3 is 2.39 bits per heavy atom. The van der Waals surface area contributed by atoms with Gasteiger partial charge in [-0.15, -0.1) is 12.4 Å². The Morgan fingerprint density at radius 1 is 1.03 bits per heavy atom. The first-order valence-electron chi connectivity index (χ1n) is 10.3. The fraction of sp³-hybridized carbons (Fsp3) is 0.240. The van der Waals surface area contributed by atoms with Crippen molar-refractivity contribution in [2.75, 3.05) is 30.4 Å². The number of hydrogen-bond acceptors (Lipinski definition) is 4. The maximum absolute atomic E-state index is 12.5. The van der Waals surface area contributed by atoms with Crippen molar-refractivity contribution in [1.29, 1.82) is 0 Å². The summed E-state index contributed by atoms with van der Waals surface area (Å²) in [6, 6.07) is 25.2. The molecule has 3 aromatic carbocycles. The molecule has 0 saturated heterocycles. The Kier molecular flexibility index (Phi) is 7.69. The first-order chi connectivity index (χ1) is 14.7. The van der Waals surface area contributed by atoms with Crippen molar-refractivity contribution >= 4 is 29.7 Å². The lowest BCUT2D eigenvalue weighted by molar-refractivity contribution is 0.102. The van der Waals surface area contributed by atoms with E-state index in [9.17, 15) is 9.90 Å². The number of carbonyl (C=O) groups excluding carboxylic acids is 1. The summed E-state index contributed by atoms with van der Waals surface area (Å²) in [5.41, 5.74) is 4.81. The summed E-state index contributed by atoms with van der Waals surface area (Å²) >= 11 is 0. The molecule has 3 aromatic rings. The van der Waals surface area contributed by atoms with E-state index >= 15 is 0 Å². The average molecular weight is 438 g/mol. The van der Waals surface area contributed by atoms with Crippen LogP contribution in [0.5, 0.6) is 0 Å². The third-order valence-electron chi connectivity index (χ3n) is 5.56. The van der Waals surface area contributed by atoms with Crippen LogP contribution in [0.3, 0.4) is 0 Å². The molecule has 0 radical (unpaired) electrons. The number of nitrogens with one attached hydrogen (secondary N) is 2. The lowest BCUT2D eigenvalue weighted by Crippen LogP contribution is -2.40. The monoisotopic (exact) mass is 437 g/mol. The third kappa shape index (κ3) is 5.07. The van der Waals surface area contributed by atoms with E-state index in [1.54, 1.807) is 12.1 Å². The molecule has 2 atom stereocenters. The van der Waals surface area contributed by atoms with Gasteiger partial charge in [0.1, 0.15) is 0 Å². The summed E-state index contributed by atoms with van der Waals surface area (Å²) < 4.78 is 0. The number of hydrogen-bond donors (Lipinski definition) is 3. The zero-order valence-electron chi connectivity index (χ0n) is 17.5. The van der Waals surface area contributed by atoms with E-state index < -0.39 is 6.10 Å². The number of halogens is 1. The van der Waals surface area contributed by atoms with Crippen LogP contribution in [-0.2, 0) is 6.42 Å². The molecule has 0 unspecified atom stereocenters. The van der Waals surface area contributed by atoms with Gasteiger partial charge in [0.05, 0.1) is 12.1 Å². The zero-order valence-corrected chi connectivity index (χ0v) is 18.3. The van der Waals surface area contributed by atoms with Crippen molar-refractivity contribution in [2.24, 2.45) is 0 Å². The highest BCUT2D eigenvalue weighted by molar-refractivity contribution is 6.04. The highest BCUT2D eigenvalue weighted by Gasteiger charge is 2.32. The Hall–Kier alpha value is -2.86. The Bertz CT molecular complexity index is 998. The minimum atomic E-state index is -0.541. The quantitative estimate of drug-likeness (QED) is 0.522. The van der Waals surface area contributed by atoms with Crippen LogP contribution in [0.4, 0.5) is 11.4 Å². The Labute approximate surface area is 189 Å². The van der Waals surface area contributed by atoms with Gasteiger partial charge >= 0.3 is 0 Å². The minimum Gasteiger partial charge on any atom is -0.389 e. The van der Waals surface area contributed by atoms with Crippen LogP contribution in [0.1, 0.15) is 27.5 Å². The van der Waals surface area contributed by atoms with Gasteiger partial charge in [-0.2, -0.15) is 0 Å². The summed E-state index contributed by atoms with van der Waals surface area (Å²) in [5, 5.41) is 17.0. The fourth-order valence-corrected chi connectivity index (χ4v) is 4.17. The minimum absolute atomic E-state index is 0. The number of likely N-dealkylation sites (N-methyl/N-ethyl adjacent to an activating group) is 1. The maximum Gasteiger partial charge on any atom is 0.255 e. The SMILES string of the molecule is CNC[C@H](O)[C@H](c1ccccc1)N1CCc2cc(NC(=O)c3ccccc3)ccc21.Cl. The molecule has 0 spiro atoms. The van der Waals surface area contributed by atoms with E-state index in [1.807, 2.05) is 61.6 Å². The third-order valence-corrected chi connectivity index (χ3v) is 5.56. The van der Waals surface area contributed by atoms with Crippen molar-refractivity contribution < 1.29 is 9.90 Å². The number of fused-ring (bicyclic) bond motifs is 1. The summed E-state index contributed by atoms with van der Waals surface area (Å²) in [6.45, 7) is 1.34. The van der Waals surface area contributed by atoms with E-state index in [1.165, 1.54) is 5.56 Å². The zero-order chi connectivity index (χ0) is 20.9.